The minimum absolute atomic E-state index is 0.114. The number of nitrogens with zero attached hydrogens (tertiary/aromatic N) is 3. The van der Waals surface area contributed by atoms with E-state index in [2.05, 4.69) is 10.2 Å². The number of aliphatic hydroxyl groups is 1. The van der Waals surface area contributed by atoms with E-state index in [1.807, 2.05) is 0 Å². The summed E-state index contributed by atoms with van der Waals surface area (Å²) >= 11 is 1.19. The van der Waals surface area contributed by atoms with Crippen molar-refractivity contribution in [2.24, 2.45) is 0 Å². The summed E-state index contributed by atoms with van der Waals surface area (Å²) in [6, 6.07) is 10.5. The fraction of sp³-hybridized carbons (Fsp3) is 0.406. The number of aliphatic hydroxyl groups excluding tert-OH is 1. The van der Waals surface area contributed by atoms with E-state index in [1.54, 1.807) is 54.8 Å². The number of anilines is 1. The summed E-state index contributed by atoms with van der Waals surface area (Å²) in [6.45, 7) is 14.2. The van der Waals surface area contributed by atoms with Gasteiger partial charge < -0.3 is 25.0 Å². The first-order valence-electron chi connectivity index (χ1n) is 14.2. The number of likely N-dealkylation sites (tertiary alicyclic amines) is 1. The normalized spacial score (nSPS) is 18.8. The standard InChI is InChI=1S/C32H34F2N4O4S/c1-32(2,3)42-31(41)36-21-6-5-12-38(17-21)30(40)28-16-23(19-7-9-26(35-4)24(33)14-19)29(43-28)20-8-10-27(25(34)15-20)37-13-11-22(39)18-37/h7-10,14-16,21-22,39H,5-6,11-13,17-18H2,1-3H3,(H,36,41)/t21-,22-/m1/s1. The molecule has 0 saturated carbocycles. The van der Waals surface area contributed by atoms with E-state index >= 15 is 4.39 Å². The van der Waals surface area contributed by atoms with Gasteiger partial charge >= 0.3 is 6.09 Å². The van der Waals surface area contributed by atoms with E-state index < -0.39 is 29.4 Å². The number of hydrogen-bond acceptors (Lipinski definition) is 6. The van der Waals surface area contributed by atoms with Crippen molar-refractivity contribution >= 4 is 34.7 Å². The molecule has 43 heavy (non-hydrogen) atoms. The van der Waals surface area contributed by atoms with Crippen LogP contribution in [-0.2, 0) is 4.74 Å². The Balaban J connectivity index is 1.45. The van der Waals surface area contributed by atoms with Crippen molar-refractivity contribution in [1.29, 1.82) is 0 Å². The van der Waals surface area contributed by atoms with E-state index in [4.69, 9.17) is 11.3 Å². The molecule has 2 aromatic carbocycles. The minimum Gasteiger partial charge on any atom is -0.444 e. The second-order valence-corrected chi connectivity index (χ2v) is 13.0. The zero-order valence-corrected chi connectivity index (χ0v) is 25.1. The predicted molar refractivity (Wildman–Crippen MR) is 163 cm³/mol. The van der Waals surface area contributed by atoms with Crippen LogP contribution in [0.3, 0.4) is 0 Å². The third-order valence-corrected chi connectivity index (χ3v) is 8.64. The van der Waals surface area contributed by atoms with Gasteiger partial charge in [-0.3, -0.25) is 4.79 Å². The number of carbonyl (C=O) groups is 2. The fourth-order valence-corrected chi connectivity index (χ4v) is 6.61. The third-order valence-electron chi connectivity index (χ3n) is 7.47. The topological polar surface area (TPSA) is 86.5 Å². The first kappa shape index (κ1) is 30.4. The highest BCUT2D eigenvalue weighted by Crippen LogP contribution is 2.42. The number of β-amino-alcohol motifs (C(OH)–C–C–N with tert-alkyl or cyclic N) is 1. The number of nitrogens with one attached hydrogen (secondary N) is 1. The van der Waals surface area contributed by atoms with Gasteiger partial charge in [0.1, 0.15) is 17.2 Å². The summed E-state index contributed by atoms with van der Waals surface area (Å²) in [7, 11) is 0. The zero-order valence-electron chi connectivity index (χ0n) is 24.3. The molecule has 2 amide bonds. The van der Waals surface area contributed by atoms with Gasteiger partial charge in [-0.2, -0.15) is 0 Å². The molecule has 2 atom stereocenters. The minimum atomic E-state index is -0.682. The van der Waals surface area contributed by atoms with Crippen molar-refractivity contribution in [2.45, 2.75) is 57.8 Å². The van der Waals surface area contributed by atoms with Crippen molar-refractivity contribution in [3.63, 3.8) is 0 Å². The number of ether oxygens (including phenoxy) is 1. The lowest BCUT2D eigenvalue weighted by Gasteiger charge is -2.33. The van der Waals surface area contributed by atoms with Crippen LogP contribution in [0.2, 0.25) is 0 Å². The molecule has 226 valence electrons. The molecule has 0 radical (unpaired) electrons. The number of alkyl carbamates (subject to hydrolysis) is 1. The Morgan fingerprint density at radius 2 is 1.79 bits per heavy atom. The molecule has 2 N–H and O–H groups in total. The third kappa shape index (κ3) is 6.98. The molecule has 2 saturated heterocycles. The van der Waals surface area contributed by atoms with Gasteiger partial charge in [0, 0.05) is 42.7 Å². The number of halogens is 2. The van der Waals surface area contributed by atoms with Crippen LogP contribution in [0.5, 0.6) is 0 Å². The zero-order chi connectivity index (χ0) is 30.9. The van der Waals surface area contributed by atoms with Crippen LogP contribution in [0.1, 0.15) is 49.7 Å². The van der Waals surface area contributed by atoms with E-state index in [-0.39, 0.29) is 17.6 Å². The average Bonchev–Trinajstić information content (AvgIpc) is 3.58. The number of carbonyl (C=O) groups excluding carboxylic acids is 2. The molecule has 5 rings (SSSR count). The first-order valence-corrected chi connectivity index (χ1v) is 15.1. The smallest absolute Gasteiger partial charge is 0.407 e. The molecular formula is C32H34F2N4O4S. The molecule has 1 aromatic heterocycles. The molecule has 0 aliphatic carbocycles. The molecule has 0 spiro atoms. The molecule has 8 nitrogen and oxygen atoms in total. The molecule has 2 aliphatic rings. The molecule has 2 aliphatic heterocycles. The Morgan fingerprint density at radius 3 is 2.44 bits per heavy atom. The van der Waals surface area contributed by atoms with Gasteiger partial charge in [0.2, 0.25) is 5.69 Å². The van der Waals surface area contributed by atoms with Gasteiger partial charge in [-0.15, -0.1) is 11.3 Å². The number of hydrogen-bond donors (Lipinski definition) is 2. The van der Waals surface area contributed by atoms with Gasteiger partial charge in [0.25, 0.3) is 5.91 Å². The predicted octanol–water partition coefficient (Wildman–Crippen LogP) is 6.61. The second-order valence-electron chi connectivity index (χ2n) is 11.9. The van der Waals surface area contributed by atoms with Gasteiger partial charge in [0.05, 0.1) is 23.2 Å². The maximum atomic E-state index is 15.4. The van der Waals surface area contributed by atoms with Crippen molar-refractivity contribution in [2.75, 3.05) is 31.1 Å². The van der Waals surface area contributed by atoms with Crippen LogP contribution in [0.25, 0.3) is 26.4 Å². The largest absolute Gasteiger partial charge is 0.444 e. The summed E-state index contributed by atoms with van der Waals surface area (Å²) in [6.07, 6.45) is 0.928. The van der Waals surface area contributed by atoms with Crippen LogP contribution in [-0.4, -0.2) is 65.9 Å². The molecule has 11 heteroatoms. The van der Waals surface area contributed by atoms with Crippen molar-refractivity contribution in [1.82, 2.24) is 10.2 Å². The van der Waals surface area contributed by atoms with Crippen LogP contribution in [0, 0.1) is 18.2 Å². The summed E-state index contributed by atoms with van der Waals surface area (Å²) < 4.78 is 35.4. The fourth-order valence-electron chi connectivity index (χ4n) is 5.47. The SMILES string of the molecule is [C-]#[N+]c1ccc(-c2cc(C(=O)N3CCC[C@@H](NC(=O)OC(C)(C)C)C3)sc2-c2ccc(N3CC[C@@H](O)C3)c(F)c2)cc1F. The average molecular weight is 609 g/mol. The number of benzene rings is 2. The van der Waals surface area contributed by atoms with Crippen LogP contribution < -0.4 is 10.2 Å². The van der Waals surface area contributed by atoms with Crippen molar-refractivity contribution in [3.05, 3.63) is 70.4 Å². The number of amides is 2. The number of rotatable bonds is 5. The summed E-state index contributed by atoms with van der Waals surface area (Å²) in [5.74, 6) is -1.38. The Morgan fingerprint density at radius 1 is 1.05 bits per heavy atom. The van der Waals surface area contributed by atoms with Crippen molar-refractivity contribution < 1.29 is 28.2 Å². The molecule has 3 heterocycles. The molecule has 0 bridgehead atoms. The molecule has 3 aromatic rings. The van der Waals surface area contributed by atoms with Crippen LogP contribution in [0.15, 0.2) is 42.5 Å². The Labute approximate surface area is 253 Å². The van der Waals surface area contributed by atoms with Gasteiger partial charge in [-0.25, -0.2) is 18.4 Å². The van der Waals surface area contributed by atoms with E-state index in [0.29, 0.717) is 77.6 Å². The maximum Gasteiger partial charge on any atom is 0.407 e. The Hall–Kier alpha value is -4.01. The molecule has 2 fully saturated rings. The lowest BCUT2D eigenvalue weighted by atomic mass is 10.0. The quantitative estimate of drug-likeness (QED) is 0.319. The van der Waals surface area contributed by atoms with Crippen LogP contribution >= 0.6 is 11.3 Å². The van der Waals surface area contributed by atoms with E-state index in [0.717, 1.165) is 0 Å². The van der Waals surface area contributed by atoms with E-state index in [1.165, 1.54) is 29.5 Å². The maximum absolute atomic E-state index is 15.4. The number of piperidine rings is 1. The second kappa shape index (κ2) is 12.3. The number of thiophene rings is 1. The highest BCUT2D eigenvalue weighted by Gasteiger charge is 2.30. The molecule has 0 unspecified atom stereocenters. The van der Waals surface area contributed by atoms with Gasteiger partial charge in [-0.05, 0) is 75.4 Å². The van der Waals surface area contributed by atoms with E-state index in [9.17, 15) is 19.1 Å². The highest BCUT2D eigenvalue weighted by molar-refractivity contribution is 7.18. The molecular weight excluding hydrogens is 574 g/mol. The van der Waals surface area contributed by atoms with Crippen molar-refractivity contribution in [3.8, 4) is 21.6 Å². The van der Waals surface area contributed by atoms with Gasteiger partial charge in [0.15, 0.2) is 0 Å². The lowest BCUT2D eigenvalue weighted by molar-refractivity contribution is 0.0453. The Bertz CT molecular complexity index is 1580. The first-order chi connectivity index (χ1) is 20.4. The lowest BCUT2D eigenvalue weighted by Crippen LogP contribution is -2.50. The van der Waals surface area contributed by atoms with Gasteiger partial charge in [-0.1, -0.05) is 18.2 Å². The van der Waals surface area contributed by atoms with Crippen LogP contribution in [0.4, 0.5) is 25.0 Å². The monoisotopic (exact) mass is 608 g/mol. The highest BCUT2D eigenvalue weighted by atomic mass is 32.1. The Kier molecular flexibility index (Phi) is 8.71. The summed E-state index contributed by atoms with van der Waals surface area (Å²) in [4.78, 5) is 33.7. The summed E-state index contributed by atoms with van der Waals surface area (Å²) in [5, 5.41) is 12.8. The summed E-state index contributed by atoms with van der Waals surface area (Å²) in [5.41, 5.74) is 1.17.